The Balaban J connectivity index is 1.62. The Labute approximate surface area is 209 Å². The summed E-state index contributed by atoms with van der Waals surface area (Å²) in [6.45, 7) is 7.37. The second kappa shape index (κ2) is 11.0. The minimum Gasteiger partial charge on any atom is -0.496 e. The van der Waals surface area contributed by atoms with E-state index < -0.39 is 10.0 Å². The van der Waals surface area contributed by atoms with Crippen molar-refractivity contribution in [2.24, 2.45) is 11.8 Å². The van der Waals surface area contributed by atoms with Crippen LogP contribution in [-0.2, 0) is 16.6 Å². The second-order valence-electron chi connectivity index (χ2n) is 9.93. The van der Waals surface area contributed by atoms with Crippen molar-refractivity contribution in [3.05, 3.63) is 53.6 Å². The monoisotopic (exact) mass is 499 g/mol. The van der Waals surface area contributed by atoms with Crippen LogP contribution in [0.1, 0.15) is 55.5 Å². The summed E-state index contributed by atoms with van der Waals surface area (Å²) in [5.41, 5.74) is 1.91. The molecule has 2 saturated heterocycles. The van der Waals surface area contributed by atoms with Gasteiger partial charge in [0.15, 0.2) is 0 Å². The number of carbonyl (C=O) groups excluding carboxylic acids is 1. The summed E-state index contributed by atoms with van der Waals surface area (Å²) in [5.74, 6) is 1.55. The summed E-state index contributed by atoms with van der Waals surface area (Å²) in [5, 5.41) is 2.92. The number of nitrogens with one attached hydrogen (secondary N) is 1. The third kappa shape index (κ3) is 5.81. The molecule has 0 bridgehead atoms. The number of nitrogens with zero attached hydrogens (tertiary/aromatic N) is 2. The molecule has 0 spiro atoms. The Bertz CT molecular complexity index is 1130. The van der Waals surface area contributed by atoms with Gasteiger partial charge in [-0.2, -0.15) is 4.31 Å². The molecule has 2 aliphatic heterocycles. The number of hydrogen-bond acceptors (Lipinski definition) is 5. The van der Waals surface area contributed by atoms with Gasteiger partial charge >= 0.3 is 0 Å². The summed E-state index contributed by atoms with van der Waals surface area (Å²) in [4.78, 5) is 15.5. The third-order valence-electron chi connectivity index (χ3n) is 7.34. The summed E-state index contributed by atoms with van der Waals surface area (Å²) < 4.78 is 34.6. The zero-order valence-corrected chi connectivity index (χ0v) is 21.8. The quantitative estimate of drug-likeness (QED) is 0.615. The van der Waals surface area contributed by atoms with Crippen LogP contribution in [0.2, 0.25) is 0 Å². The number of benzene rings is 2. The molecular formula is C27H37N3O4S. The van der Waals surface area contributed by atoms with E-state index in [9.17, 15) is 13.2 Å². The topological polar surface area (TPSA) is 79.0 Å². The van der Waals surface area contributed by atoms with Gasteiger partial charge in [-0.25, -0.2) is 8.42 Å². The number of anilines is 1. The fourth-order valence-corrected chi connectivity index (χ4v) is 6.57. The van der Waals surface area contributed by atoms with Crippen molar-refractivity contribution in [1.29, 1.82) is 0 Å². The lowest BCUT2D eigenvalue weighted by Gasteiger charge is -2.35. The normalized spacial score (nSPS) is 18.4. The van der Waals surface area contributed by atoms with Gasteiger partial charge in [-0.1, -0.05) is 32.0 Å². The highest BCUT2D eigenvalue weighted by Crippen LogP contribution is 2.33. The number of carbonyl (C=O) groups is 1. The van der Waals surface area contributed by atoms with Crippen LogP contribution in [0.4, 0.5) is 5.69 Å². The molecule has 4 rings (SSSR count). The molecular weight excluding hydrogens is 462 g/mol. The molecule has 1 amide bonds. The van der Waals surface area contributed by atoms with Gasteiger partial charge in [-0.15, -0.1) is 0 Å². The van der Waals surface area contributed by atoms with Crippen molar-refractivity contribution in [3.8, 4) is 5.75 Å². The van der Waals surface area contributed by atoms with E-state index in [0.29, 0.717) is 48.5 Å². The van der Waals surface area contributed by atoms with Gasteiger partial charge in [0.25, 0.3) is 5.91 Å². The van der Waals surface area contributed by atoms with Gasteiger partial charge in [0.1, 0.15) is 10.6 Å². The molecule has 2 fully saturated rings. The van der Waals surface area contributed by atoms with Crippen molar-refractivity contribution >= 4 is 21.6 Å². The summed E-state index contributed by atoms with van der Waals surface area (Å²) in [7, 11) is -2.12. The molecule has 7 nitrogen and oxygen atoms in total. The Hall–Kier alpha value is -2.58. The number of methoxy groups -OCH3 is 1. The zero-order valence-electron chi connectivity index (χ0n) is 21.0. The Kier molecular flexibility index (Phi) is 8.02. The van der Waals surface area contributed by atoms with Crippen LogP contribution in [0.3, 0.4) is 0 Å². The lowest BCUT2D eigenvalue weighted by atomic mass is 9.98. The van der Waals surface area contributed by atoms with Crippen molar-refractivity contribution in [1.82, 2.24) is 9.62 Å². The maximum absolute atomic E-state index is 13.8. The fraction of sp³-hybridized carbons (Fsp3) is 0.519. The highest BCUT2D eigenvalue weighted by molar-refractivity contribution is 7.89. The van der Waals surface area contributed by atoms with Gasteiger partial charge in [0.2, 0.25) is 10.0 Å². The molecule has 2 heterocycles. The van der Waals surface area contributed by atoms with E-state index in [0.717, 1.165) is 44.3 Å². The van der Waals surface area contributed by atoms with Crippen LogP contribution in [0.25, 0.3) is 0 Å². The molecule has 0 radical (unpaired) electrons. The van der Waals surface area contributed by atoms with Crippen LogP contribution in [-0.4, -0.2) is 51.9 Å². The lowest BCUT2D eigenvalue weighted by Crippen LogP contribution is -2.40. The third-order valence-corrected chi connectivity index (χ3v) is 9.27. The average Bonchev–Trinajstić information content (AvgIpc) is 2.88. The van der Waals surface area contributed by atoms with E-state index in [4.69, 9.17) is 4.74 Å². The fourth-order valence-electron chi connectivity index (χ4n) is 4.86. The Morgan fingerprint density at radius 1 is 0.971 bits per heavy atom. The van der Waals surface area contributed by atoms with E-state index in [1.165, 1.54) is 0 Å². The molecule has 2 aromatic carbocycles. The van der Waals surface area contributed by atoms with Crippen LogP contribution in [0.15, 0.2) is 47.4 Å². The van der Waals surface area contributed by atoms with E-state index in [-0.39, 0.29) is 10.8 Å². The molecule has 190 valence electrons. The van der Waals surface area contributed by atoms with Crippen LogP contribution < -0.4 is 15.0 Å². The highest BCUT2D eigenvalue weighted by atomic mass is 32.2. The standard InChI is InChI=1S/C27H37N3O4S/c1-20-10-14-29(15-11-20)24-9-8-22(27(31)28-19-23-6-4-5-7-25(23)34-3)18-26(24)35(32,33)30-16-12-21(2)13-17-30/h4-9,18,20-21H,10-17,19H2,1-3H3,(H,28,31). The van der Waals surface area contributed by atoms with Gasteiger partial charge in [-0.3, -0.25) is 4.79 Å². The SMILES string of the molecule is COc1ccccc1CNC(=O)c1ccc(N2CCC(C)CC2)c(S(=O)(=O)N2CCC(C)CC2)c1. The molecule has 2 aliphatic rings. The second-order valence-corrected chi connectivity index (χ2v) is 11.8. The Morgan fingerprint density at radius 2 is 1.60 bits per heavy atom. The van der Waals surface area contributed by atoms with Crippen molar-refractivity contribution in [2.45, 2.75) is 51.0 Å². The smallest absolute Gasteiger partial charge is 0.251 e. The van der Waals surface area contributed by atoms with Gasteiger partial charge in [-0.05, 0) is 61.8 Å². The van der Waals surface area contributed by atoms with E-state index in [1.807, 2.05) is 30.3 Å². The molecule has 0 aromatic heterocycles. The first-order valence-corrected chi connectivity index (χ1v) is 14.0. The van der Waals surface area contributed by atoms with Crippen LogP contribution >= 0.6 is 0 Å². The summed E-state index contributed by atoms with van der Waals surface area (Å²) in [6.07, 6.45) is 3.77. The molecule has 35 heavy (non-hydrogen) atoms. The number of ether oxygens (including phenoxy) is 1. The van der Waals surface area contributed by atoms with Crippen molar-refractivity contribution in [3.63, 3.8) is 0 Å². The number of para-hydroxylation sites is 1. The zero-order chi connectivity index (χ0) is 25.0. The molecule has 0 saturated carbocycles. The van der Waals surface area contributed by atoms with Crippen molar-refractivity contribution in [2.75, 3.05) is 38.2 Å². The van der Waals surface area contributed by atoms with Gasteiger partial charge < -0.3 is 15.0 Å². The van der Waals surface area contributed by atoms with Gasteiger partial charge in [0, 0.05) is 43.9 Å². The van der Waals surface area contributed by atoms with Crippen molar-refractivity contribution < 1.29 is 17.9 Å². The molecule has 2 aromatic rings. The predicted octanol–water partition coefficient (Wildman–Crippen LogP) is 4.28. The lowest BCUT2D eigenvalue weighted by molar-refractivity contribution is 0.0950. The van der Waals surface area contributed by atoms with E-state index in [2.05, 4.69) is 24.1 Å². The molecule has 0 atom stereocenters. The minimum atomic E-state index is -3.72. The van der Waals surface area contributed by atoms with Gasteiger partial charge in [0.05, 0.1) is 12.8 Å². The summed E-state index contributed by atoms with van der Waals surface area (Å²) in [6, 6.07) is 12.6. The average molecular weight is 500 g/mol. The van der Waals surface area contributed by atoms with E-state index >= 15 is 0 Å². The number of piperidine rings is 2. The van der Waals surface area contributed by atoms with Crippen LogP contribution in [0.5, 0.6) is 5.75 Å². The number of rotatable bonds is 7. The first-order chi connectivity index (χ1) is 16.8. The molecule has 1 N–H and O–H groups in total. The van der Waals surface area contributed by atoms with Crippen LogP contribution in [0, 0.1) is 11.8 Å². The Morgan fingerprint density at radius 3 is 2.26 bits per heavy atom. The predicted molar refractivity (Wildman–Crippen MR) is 138 cm³/mol. The number of amides is 1. The molecule has 8 heteroatoms. The maximum Gasteiger partial charge on any atom is 0.251 e. The minimum absolute atomic E-state index is 0.242. The number of hydrogen-bond donors (Lipinski definition) is 1. The summed E-state index contributed by atoms with van der Waals surface area (Å²) >= 11 is 0. The molecule has 0 aliphatic carbocycles. The first kappa shape index (κ1) is 25.5. The van der Waals surface area contributed by atoms with E-state index in [1.54, 1.807) is 23.5 Å². The number of sulfonamides is 1. The molecule has 0 unspecified atom stereocenters. The maximum atomic E-state index is 13.8. The largest absolute Gasteiger partial charge is 0.496 e. The highest BCUT2D eigenvalue weighted by Gasteiger charge is 2.32. The first-order valence-electron chi connectivity index (χ1n) is 12.6.